The fourth-order valence-electron chi connectivity index (χ4n) is 3.36. The van der Waals surface area contributed by atoms with Gasteiger partial charge in [0.15, 0.2) is 0 Å². The topological polar surface area (TPSA) is 9.23 Å². The Kier molecular flexibility index (Phi) is 1.63. The molecule has 0 aromatic carbocycles. The van der Waals surface area contributed by atoms with E-state index in [9.17, 15) is 0 Å². The Morgan fingerprint density at radius 1 is 1.15 bits per heavy atom. The van der Waals surface area contributed by atoms with Crippen LogP contribution >= 0.6 is 0 Å². The van der Waals surface area contributed by atoms with Gasteiger partial charge in [0, 0.05) is 12.5 Å². The molecule has 1 saturated carbocycles. The minimum atomic E-state index is 0.412. The van der Waals surface area contributed by atoms with Crippen molar-refractivity contribution >= 4 is 0 Å². The van der Waals surface area contributed by atoms with Crippen LogP contribution in [-0.4, -0.2) is 12.7 Å². The van der Waals surface area contributed by atoms with Gasteiger partial charge in [-0.2, -0.15) is 0 Å². The molecule has 1 fully saturated rings. The van der Waals surface area contributed by atoms with Gasteiger partial charge < -0.3 is 4.74 Å². The zero-order chi connectivity index (χ0) is 8.84. The van der Waals surface area contributed by atoms with Crippen molar-refractivity contribution in [1.29, 1.82) is 0 Å². The standard InChI is InChI=1S/C12H16O/c1-2-13-11-6-5-10-8-3-4-9(7-8)12(10)11/h3-6,8-12H,2,7H2,1H3. The number of allylic oxidation sites excluding steroid dienone is 3. The van der Waals surface area contributed by atoms with E-state index in [0.717, 1.165) is 30.3 Å². The van der Waals surface area contributed by atoms with Crippen molar-refractivity contribution in [3.8, 4) is 0 Å². The van der Waals surface area contributed by atoms with E-state index in [4.69, 9.17) is 4.74 Å². The Morgan fingerprint density at radius 2 is 2.00 bits per heavy atom. The number of hydrogen-bond acceptors (Lipinski definition) is 1. The molecule has 3 rings (SSSR count). The normalized spacial score (nSPS) is 50.4. The van der Waals surface area contributed by atoms with Crippen LogP contribution in [0.4, 0.5) is 0 Å². The maximum Gasteiger partial charge on any atom is 0.0795 e. The first kappa shape index (κ1) is 7.81. The highest BCUT2D eigenvalue weighted by molar-refractivity contribution is 5.24. The average Bonchev–Trinajstić information content (AvgIpc) is 2.74. The molecule has 0 radical (unpaired) electrons. The van der Waals surface area contributed by atoms with Gasteiger partial charge in [-0.1, -0.05) is 24.3 Å². The lowest BCUT2D eigenvalue weighted by Gasteiger charge is -2.25. The number of ether oxygens (including phenoxy) is 1. The Morgan fingerprint density at radius 3 is 2.85 bits per heavy atom. The third-order valence-corrected chi connectivity index (χ3v) is 3.84. The first-order valence-corrected chi connectivity index (χ1v) is 5.38. The van der Waals surface area contributed by atoms with Crippen molar-refractivity contribution in [2.45, 2.75) is 19.4 Å². The average molecular weight is 176 g/mol. The highest BCUT2D eigenvalue weighted by Gasteiger charge is 2.48. The van der Waals surface area contributed by atoms with Crippen molar-refractivity contribution < 1.29 is 4.74 Å². The maximum atomic E-state index is 5.75. The van der Waals surface area contributed by atoms with Crippen LogP contribution in [0.1, 0.15) is 13.3 Å². The van der Waals surface area contributed by atoms with E-state index in [-0.39, 0.29) is 0 Å². The lowest BCUT2D eigenvalue weighted by molar-refractivity contribution is 0.0435. The van der Waals surface area contributed by atoms with Gasteiger partial charge in [0.2, 0.25) is 0 Å². The minimum Gasteiger partial charge on any atom is -0.374 e. The molecule has 0 spiro atoms. The van der Waals surface area contributed by atoms with E-state index in [1.807, 2.05) is 0 Å². The minimum absolute atomic E-state index is 0.412. The maximum absolute atomic E-state index is 5.75. The van der Waals surface area contributed by atoms with Crippen LogP contribution < -0.4 is 0 Å². The van der Waals surface area contributed by atoms with Crippen molar-refractivity contribution in [3.63, 3.8) is 0 Å². The summed E-state index contributed by atoms with van der Waals surface area (Å²) in [5, 5.41) is 0. The number of fused-ring (bicyclic) bond motifs is 5. The summed E-state index contributed by atoms with van der Waals surface area (Å²) in [5.41, 5.74) is 0. The molecular weight excluding hydrogens is 160 g/mol. The molecule has 0 N–H and O–H groups in total. The predicted octanol–water partition coefficient (Wildman–Crippen LogP) is 2.40. The Labute approximate surface area is 79.5 Å². The van der Waals surface area contributed by atoms with E-state index in [1.54, 1.807) is 0 Å². The zero-order valence-corrected chi connectivity index (χ0v) is 8.02. The second kappa shape index (κ2) is 2.71. The molecule has 0 aromatic heterocycles. The van der Waals surface area contributed by atoms with Crippen LogP contribution in [0.2, 0.25) is 0 Å². The summed E-state index contributed by atoms with van der Waals surface area (Å²) >= 11 is 0. The molecular formula is C12H16O. The highest BCUT2D eigenvalue weighted by Crippen LogP contribution is 2.53. The molecule has 0 amide bonds. The molecule has 0 heterocycles. The molecule has 13 heavy (non-hydrogen) atoms. The summed E-state index contributed by atoms with van der Waals surface area (Å²) in [6.45, 7) is 2.93. The van der Waals surface area contributed by atoms with E-state index >= 15 is 0 Å². The Bertz CT molecular complexity index is 266. The van der Waals surface area contributed by atoms with Gasteiger partial charge in [-0.25, -0.2) is 0 Å². The van der Waals surface area contributed by atoms with Crippen LogP contribution in [0.15, 0.2) is 24.3 Å². The molecule has 70 valence electrons. The largest absolute Gasteiger partial charge is 0.374 e. The van der Waals surface area contributed by atoms with Crippen molar-refractivity contribution in [3.05, 3.63) is 24.3 Å². The predicted molar refractivity (Wildman–Crippen MR) is 52.3 cm³/mol. The molecule has 3 aliphatic rings. The Hall–Kier alpha value is -0.560. The van der Waals surface area contributed by atoms with Gasteiger partial charge in [0.05, 0.1) is 6.10 Å². The molecule has 5 atom stereocenters. The number of hydrogen-bond donors (Lipinski definition) is 0. The van der Waals surface area contributed by atoms with Crippen LogP contribution in [0.3, 0.4) is 0 Å². The molecule has 0 aromatic rings. The highest BCUT2D eigenvalue weighted by atomic mass is 16.5. The van der Waals surface area contributed by atoms with Crippen LogP contribution in [-0.2, 0) is 4.74 Å². The molecule has 1 nitrogen and oxygen atoms in total. The second-order valence-electron chi connectivity index (χ2n) is 4.41. The van der Waals surface area contributed by atoms with Gasteiger partial charge in [-0.3, -0.25) is 0 Å². The molecule has 0 aliphatic heterocycles. The molecule has 5 unspecified atom stereocenters. The van der Waals surface area contributed by atoms with Gasteiger partial charge in [0.25, 0.3) is 0 Å². The van der Waals surface area contributed by atoms with Crippen LogP contribution in [0.5, 0.6) is 0 Å². The van der Waals surface area contributed by atoms with Crippen molar-refractivity contribution in [2.24, 2.45) is 23.7 Å². The lowest BCUT2D eigenvalue weighted by Crippen LogP contribution is -2.26. The second-order valence-corrected chi connectivity index (χ2v) is 4.41. The fraction of sp³-hybridized carbons (Fsp3) is 0.667. The van der Waals surface area contributed by atoms with Gasteiger partial charge in [0.1, 0.15) is 0 Å². The summed E-state index contributed by atoms with van der Waals surface area (Å²) in [5.74, 6) is 3.21. The Balaban J connectivity index is 1.83. The van der Waals surface area contributed by atoms with Crippen LogP contribution in [0, 0.1) is 23.7 Å². The summed E-state index contributed by atoms with van der Waals surface area (Å²) in [4.78, 5) is 0. The van der Waals surface area contributed by atoms with E-state index in [2.05, 4.69) is 31.2 Å². The quantitative estimate of drug-likeness (QED) is 0.587. The fourth-order valence-corrected chi connectivity index (χ4v) is 3.36. The van der Waals surface area contributed by atoms with Gasteiger partial charge in [-0.05, 0) is 31.1 Å². The lowest BCUT2D eigenvalue weighted by atomic mass is 9.84. The summed E-state index contributed by atoms with van der Waals surface area (Å²) in [6, 6.07) is 0. The first-order valence-electron chi connectivity index (χ1n) is 5.38. The zero-order valence-electron chi connectivity index (χ0n) is 8.02. The van der Waals surface area contributed by atoms with Gasteiger partial charge in [-0.15, -0.1) is 0 Å². The van der Waals surface area contributed by atoms with E-state index in [0.29, 0.717) is 6.10 Å². The first-order chi connectivity index (χ1) is 6.40. The van der Waals surface area contributed by atoms with Gasteiger partial charge >= 0.3 is 0 Å². The SMILES string of the molecule is CCOC1C=CC2C3C=CC(C3)C12. The summed E-state index contributed by atoms with van der Waals surface area (Å²) in [6.07, 6.45) is 11.3. The molecule has 0 saturated heterocycles. The third-order valence-electron chi connectivity index (χ3n) is 3.84. The van der Waals surface area contributed by atoms with E-state index in [1.165, 1.54) is 6.42 Å². The summed E-state index contributed by atoms with van der Waals surface area (Å²) < 4.78 is 5.75. The third kappa shape index (κ3) is 0.969. The molecule has 2 bridgehead atoms. The monoisotopic (exact) mass is 176 g/mol. The van der Waals surface area contributed by atoms with E-state index < -0.39 is 0 Å². The molecule has 1 heteroatoms. The van der Waals surface area contributed by atoms with Crippen molar-refractivity contribution in [1.82, 2.24) is 0 Å². The molecule has 3 aliphatic carbocycles. The number of rotatable bonds is 2. The van der Waals surface area contributed by atoms with Crippen LogP contribution in [0.25, 0.3) is 0 Å². The summed E-state index contributed by atoms with van der Waals surface area (Å²) in [7, 11) is 0. The smallest absolute Gasteiger partial charge is 0.0795 e. The van der Waals surface area contributed by atoms with Crippen molar-refractivity contribution in [2.75, 3.05) is 6.61 Å².